The summed E-state index contributed by atoms with van der Waals surface area (Å²) in [6, 6.07) is 5.35. The van der Waals surface area contributed by atoms with Crippen molar-refractivity contribution >= 4 is 26.8 Å². The molecule has 84 valence electrons. The third-order valence-electron chi connectivity index (χ3n) is 2.37. The maximum absolute atomic E-state index is 13.7. The van der Waals surface area contributed by atoms with Gasteiger partial charge in [-0.25, -0.2) is 4.39 Å². The molecule has 0 bridgehead atoms. The molecule has 0 fully saturated rings. The van der Waals surface area contributed by atoms with Gasteiger partial charge in [-0.2, -0.15) is 0 Å². The Morgan fingerprint density at radius 3 is 2.94 bits per heavy atom. The summed E-state index contributed by atoms with van der Waals surface area (Å²) in [6.07, 6.45) is 0. The number of fused-ring (bicyclic) bond motifs is 1. The number of hydrogen-bond acceptors (Lipinski definition) is 2. The standard InChI is InChI=1S/C11H10BrFN2O/c1-14-5-8-7-4-6(12)2-3-9(7)15-11(16)10(8)13/h2-4,14H,5H2,1H3,(H,15,16). The van der Waals surface area contributed by atoms with Crippen molar-refractivity contribution in [2.45, 2.75) is 6.54 Å². The van der Waals surface area contributed by atoms with Crippen molar-refractivity contribution in [3.05, 3.63) is 44.4 Å². The second-order valence-corrected chi connectivity index (χ2v) is 4.38. The summed E-state index contributed by atoms with van der Waals surface area (Å²) in [7, 11) is 1.71. The van der Waals surface area contributed by atoms with Crippen molar-refractivity contribution in [3.8, 4) is 0 Å². The topological polar surface area (TPSA) is 44.9 Å². The molecule has 3 nitrogen and oxygen atoms in total. The Morgan fingerprint density at radius 2 is 2.25 bits per heavy atom. The van der Waals surface area contributed by atoms with Gasteiger partial charge in [-0.1, -0.05) is 15.9 Å². The Bertz CT molecular complexity index is 594. The van der Waals surface area contributed by atoms with Crippen LogP contribution >= 0.6 is 15.9 Å². The van der Waals surface area contributed by atoms with Crippen LogP contribution in [0.3, 0.4) is 0 Å². The second kappa shape index (κ2) is 4.35. The highest BCUT2D eigenvalue weighted by Crippen LogP contribution is 2.21. The van der Waals surface area contributed by atoms with E-state index in [1.807, 2.05) is 0 Å². The number of aromatic amines is 1. The molecular weight excluding hydrogens is 275 g/mol. The van der Waals surface area contributed by atoms with Gasteiger partial charge >= 0.3 is 0 Å². The van der Waals surface area contributed by atoms with Crippen LogP contribution in [0.2, 0.25) is 0 Å². The highest BCUT2D eigenvalue weighted by molar-refractivity contribution is 9.10. The van der Waals surface area contributed by atoms with Crippen LogP contribution in [0.1, 0.15) is 5.56 Å². The predicted octanol–water partition coefficient (Wildman–Crippen LogP) is 2.15. The molecule has 1 aromatic carbocycles. The van der Waals surface area contributed by atoms with Crippen molar-refractivity contribution in [2.75, 3.05) is 7.05 Å². The maximum atomic E-state index is 13.7. The van der Waals surface area contributed by atoms with Crippen LogP contribution in [0.5, 0.6) is 0 Å². The maximum Gasteiger partial charge on any atom is 0.284 e. The minimum atomic E-state index is -0.722. The summed E-state index contributed by atoms with van der Waals surface area (Å²) < 4.78 is 14.5. The molecule has 2 aromatic rings. The van der Waals surface area contributed by atoms with E-state index in [4.69, 9.17) is 0 Å². The zero-order valence-corrected chi connectivity index (χ0v) is 10.2. The van der Waals surface area contributed by atoms with E-state index in [9.17, 15) is 9.18 Å². The zero-order valence-electron chi connectivity index (χ0n) is 8.60. The van der Waals surface area contributed by atoms with Crippen LogP contribution in [0.25, 0.3) is 10.9 Å². The van der Waals surface area contributed by atoms with Crippen LogP contribution < -0.4 is 10.9 Å². The van der Waals surface area contributed by atoms with E-state index in [0.29, 0.717) is 23.0 Å². The Kier molecular flexibility index (Phi) is 3.07. The number of pyridine rings is 1. The van der Waals surface area contributed by atoms with Crippen LogP contribution in [0.4, 0.5) is 4.39 Å². The number of benzene rings is 1. The Balaban J connectivity index is 2.85. The molecule has 0 unspecified atom stereocenters. The summed E-state index contributed by atoms with van der Waals surface area (Å²) in [5, 5.41) is 3.56. The zero-order chi connectivity index (χ0) is 11.7. The molecule has 0 aliphatic rings. The lowest BCUT2D eigenvalue weighted by Crippen LogP contribution is -2.18. The molecule has 0 saturated carbocycles. The molecule has 2 rings (SSSR count). The van der Waals surface area contributed by atoms with Crippen molar-refractivity contribution in [2.24, 2.45) is 0 Å². The fourth-order valence-corrected chi connectivity index (χ4v) is 2.02. The number of hydrogen-bond donors (Lipinski definition) is 2. The molecule has 0 radical (unpaired) electrons. The van der Waals surface area contributed by atoms with Gasteiger partial charge in [0, 0.05) is 27.5 Å². The van der Waals surface area contributed by atoms with E-state index in [-0.39, 0.29) is 0 Å². The van der Waals surface area contributed by atoms with Crippen molar-refractivity contribution < 1.29 is 4.39 Å². The largest absolute Gasteiger partial charge is 0.319 e. The summed E-state index contributed by atoms with van der Waals surface area (Å²) in [5.41, 5.74) is 0.350. The molecule has 0 spiro atoms. The van der Waals surface area contributed by atoms with Gasteiger partial charge in [-0.3, -0.25) is 4.79 Å². The van der Waals surface area contributed by atoms with Crippen LogP contribution in [0.15, 0.2) is 27.5 Å². The summed E-state index contributed by atoms with van der Waals surface area (Å²) in [5.74, 6) is -0.722. The molecule has 0 aliphatic heterocycles. The lowest BCUT2D eigenvalue weighted by atomic mass is 10.1. The molecule has 0 amide bonds. The van der Waals surface area contributed by atoms with Gasteiger partial charge in [0.2, 0.25) is 0 Å². The third kappa shape index (κ3) is 1.88. The molecule has 0 saturated heterocycles. The number of halogens is 2. The average Bonchev–Trinajstić information content (AvgIpc) is 2.26. The molecular formula is C11H10BrFN2O. The second-order valence-electron chi connectivity index (χ2n) is 3.47. The van der Waals surface area contributed by atoms with E-state index in [0.717, 1.165) is 4.47 Å². The quantitative estimate of drug-likeness (QED) is 0.888. The molecule has 16 heavy (non-hydrogen) atoms. The molecule has 0 atom stereocenters. The van der Waals surface area contributed by atoms with E-state index in [2.05, 4.69) is 26.2 Å². The fourth-order valence-electron chi connectivity index (χ4n) is 1.66. The molecule has 5 heteroatoms. The SMILES string of the molecule is CNCc1c(F)c(=O)[nH]c2ccc(Br)cc12. The highest BCUT2D eigenvalue weighted by Gasteiger charge is 2.11. The lowest BCUT2D eigenvalue weighted by molar-refractivity contribution is 0.587. The van der Waals surface area contributed by atoms with Gasteiger partial charge in [0.1, 0.15) is 0 Å². The van der Waals surface area contributed by atoms with E-state index in [1.165, 1.54) is 0 Å². The monoisotopic (exact) mass is 284 g/mol. The van der Waals surface area contributed by atoms with Crippen LogP contribution in [0, 0.1) is 5.82 Å². The van der Waals surface area contributed by atoms with Gasteiger partial charge in [-0.15, -0.1) is 0 Å². The first-order chi connectivity index (χ1) is 7.63. The number of nitrogens with one attached hydrogen (secondary N) is 2. The smallest absolute Gasteiger partial charge is 0.284 e. The summed E-state index contributed by atoms with van der Waals surface area (Å²) in [4.78, 5) is 13.8. The minimum absolute atomic E-state index is 0.322. The Hall–Kier alpha value is -1.20. The molecule has 1 aromatic heterocycles. The molecule has 0 aliphatic carbocycles. The van der Waals surface area contributed by atoms with Gasteiger partial charge in [0.05, 0.1) is 0 Å². The van der Waals surface area contributed by atoms with Crippen molar-refractivity contribution in [1.82, 2.24) is 10.3 Å². The highest BCUT2D eigenvalue weighted by atomic mass is 79.9. The molecule has 1 heterocycles. The predicted molar refractivity (Wildman–Crippen MR) is 65.0 cm³/mol. The van der Waals surface area contributed by atoms with Crippen molar-refractivity contribution in [3.63, 3.8) is 0 Å². The first-order valence-electron chi connectivity index (χ1n) is 4.78. The first kappa shape index (κ1) is 11.3. The lowest BCUT2D eigenvalue weighted by Gasteiger charge is -2.07. The van der Waals surface area contributed by atoms with Gasteiger partial charge in [0.15, 0.2) is 5.82 Å². The van der Waals surface area contributed by atoms with Gasteiger partial charge in [0.25, 0.3) is 5.56 Å². The van der Waals surface area contributed by atoms with Crippen molar-refractivity contribution in [1.29, 1.82) is 0 Å². The minimum Gasteiger partial charge on any atom is -0.319 e. The van der Waals surface area contributed by atoms with Gasteiger partial charge < -0.3 is 10.3 Å². The number of rotatable bonds is 2. The normalized spacial score (nSPS) is 10.9. The van der Waals surface area contributed by atoms with Crippen LogP contribution in [-0.4, -0.2) is 12.0 Å². The first-order valence-corrected chi connectivity index (χ1v) is 5.57. The van der Waals surface area contributed by atoms with E-state index in [1.54, 1.807) is 25.2 Å². The third-order valence-corrected chi connectivity index (χ3v) is 2.87. The summed E-state index contributed by atoms with van der Waals surface area (Å²) in [6.45, 7) is 0.322. The van der Waals surface area contributed by atoms with E-state index >= 15 is 0 Å². The number of aromatic nitrogens is 1. The van der Waals surface area contributed by atoms with Crippen LogP contribution in [-0.2, 0) is 6.54 Å². The fraction of sp³-hybridized carbons (Fsp3) is 0.182. The van der Waals surface area contributed by atoms with E-state index < -0.39 is 11.4 Å². The Morgan fingerprint density at radius 1 is 1.50 bits per heavy atom. The Labute approximate surface area is 99.8 Å². The van der Waals surface area contributed by atoms with Gasteiger partial charge in [-0.05, 0) is 25.2 Å². The summed E-state index contributed by atoms with van der Waals surface area (Å²) >= 11 is 3.33. The molecule has 2 N–H and O–H groups in total. The number of H-pyrrole nitrogens is 1. The average molecular weight is 285 g/mol.